The summed E-state index contributed by atoms with van der Waals surface area (Å²) in [5, 5.41) is 8.89. The fourth-order valence-corrected chi connectivity index (χ4v) is 4.52. The molecule has 2 atom stereocenters. The van der Waals surface area contributed by atoms with Gasteiger partial charge < -0.3 is 20.8 Å². The molecule has 33 heavy (non-hydrogen) atoms. The summed E-state index contributed by atoms with van der Waals surface area (Å²) in [7, 11) is 1.83. The zero-order valence-corrected chi connectivity index (χ0v) is 18.6. The lowest BCUT2D eigenvalue weighted by Gasteiger charge is -2.27. The third kappa shape index (κ3) is 4.09. The van der Waals surface area contributed by atoms with E-state index in [0.29, 0.717) is 34.0 Å². The highest BCUT2D eigenvalue weighted by Crippen LogP contribution is 2.31. The van der Waals surface area contributed by atoms with Crippen LogP contribution in [0.15, 0.2) is 30.6 Å². The molecule has 4 aromatic rings. The number of rotatable bonds is 4. The molecular weight excluding hydrogens is 446 g/mol. The van der Waals surface area contributed by atoms with E-state index in [2.05, 4.69) is 25.4 Å². The van der Waals surface area contributed by atoms with E-state index in [1.165, 1.54) is 6.20 Å². The van der Waals surface area contributed by atoms with Crippen LogP contribution < -0.4 is 15.8 Å². The Morgan fingerprint density at radius 2 is 2.18 bits per heavy atom. The molecule has 0 bridgehead atoms. The van der Waals surface area contributed by atoms with Crippen molar-refractivity contribution in [3.63, 3.8) is 0 Å². The number of amides is 2. The van der Waals surface area contributed by atoms with Crippen LogP contribution in [0.5, 0.6) is 5.75 Å². The minimum atomic E-state index is -0.615. The number of hydrogen-bond acceptors (Lipinski definition) is 6. The van der Waals surface area contributed by atoms with Gasteiger partial charge in [-0.05, 0) is 37.5 Å². The molecular formula is C22H22ClN7O3. The number of aromatic amines is 1. The van der Waals surface area contributed by atoms with Crippen LogP contribution >= 0.6 is 11.6 Å². The van der Waals surface area contributed by atoms with E-state index in [1.54, 1.807) is 16.9 Å². The van der Waals surface area contributed by atoms with Gasteiger partial charge in [-0.2, -0.15) is 5.10 Å². The first-order valence-electron chi connectivity index (χ1n) is 10.6. The van der Waals surface area contributed by atoms with Crippen LogP contribution in [0.3, 0.4) is 0 Å². The van der Waals surface area contributed by atoms with E-state index in [9.17, 15) is 9.59 Å². The van der Waals surface area contributed by atoms with Crippen molar-refractivity contribution in [2.75, 3.05) is 0 Å². The van der Waals surface area contributed by atoms with E-state index < -0.39 is 6.09 Å². The molecule has 0 aliphatic heterocycles. The molecule has 1 fully saturated rings. The largest absolute Gasteiger partial charge is 0.412 e. The second-order valence-electron chi connectivity index (χ2n) is 8.24. The first kappa shape index (κ1) is 21.2. The lowest BCUT2D eigenvalue weighted by atomic mass is 9.85. The number of halogens is 1. The number of H-pyrrole nitrogens is 1. The number of hydrogen-bond donors (Lipinski definition) is 3. The molecule has 0 saturated heterocycles. The number of carbonyl (C=O) groups is 2. The Morgan fingerprint density at radius 1 is 1.33 bits per heavy atom. The quantitative estimate of drug-likeness (QED) is 0.420. The highest BCUT2D eigenvalue weighted by Gasteiger charge is 2.27. The van der Waals surface area contributed by atoms with Gasteiger partial charge in [0.25, 0.3) is 0 Å². The van der Waals surface area contributed by atoms with E-state index in [-0.39, 0.29) is 23.6 Å². The second-order valence-corrected chi connectivity index (χ2v) is 8.67. The van der Waals surface area contributed by atoms with Crippen LogP contribution in [0.4, 0.5) is 4.79 Å². The summed E-state index contributed by atoms with van der Waals surface area (Å²) in [5.41, 5.74) is 8.37. The van der Waals surface area contributed by atoms with Crippen molar-refractivity contribution in [1.82, 2.24) is 30.0 Å². The van der Waals surface area contributed by atoms with Gasteiger partial charge in [-0.25, -0.2) is 14.8 Å². The standard InChI is InChI=1S/C22H22ClN7O3/c1-30-16-8-12(23)5-6-14(16)18(29-30)15-9-25-21-19(28-15)17(10-26-21)33-22(32)27-13-4-2-3-11(7-13)20(24)31/h5-6,8-11,13H,2-4,7H2,1H3,(H2,24,31)(H,25,26)(H,27,32)/t11-,13-/m1/s1. The predicted octanol–water partition coefficient (Wildman–Crippen LogP) is 3.30. The second kappa shape index (κ2) is 8.36. The molecule has 1 aromatic carbocycles. The molecule has 2 amide bonds. The number of nitrogens with two attached hydrogens (primary N) is 1. The maximum absolute atomic E-state index is 12.5. The highest BCUT2D eigenvalue weighted by atomic mass is 35.5. The fraction of sp³-hybridized carbons (Fsp3) is 0.318. The molecule has 3 aromatic heterocycles. The monoisotopic (exact) mass is 467 g/mol. The maximum Gasteiger partial charge on any atom is 0.412 e. The van der Waals surface area contributed by atoms with Gasteiger partial charge in [0.1, 0.15) is 11.4 Å². The average molecular weight is 468 g/mol. The van der Waals surface area contributed by atoms with Crippen molar-refractivity contribution in [2.24, 2.45) is 18.7 Å². The molecule has 1 aliphatic rings. The Kier molecular flexibility index (Phi) is 5.37. The maximum atomic E-state index is 12.5. The van der Waals surface area contributed by atoms with Crippen molar-refractivity contribution < 1.29 is 14.3 Å². The summed E-state index contributed by atoms with van der Waals surface area (Å²) in [6.45, 7) is 0. The Morgan fingerprint density at radius 3 is 3.00 bits per heavy atom. The summed E-state index contributed by atoms with van der Waals surface area (Å²) >= 11 is 6.12. The summed E-state index contributed by atoms with van der Waals surface area (Å²) in [5.74, 6) is -0.311. The van der Waals surface area contributed by atoms with Gasteiger partial charge in [-0.3, -0.25) is 9.48 Å². The molecule has 11 heteroatoms. The molecule has 1 saturated carbocycles. The molecule has 0 radical (unpaired) electrons. The van der Waals surface area contributed by atoms with Crippen LogP contribution in [0, 0.1) is 5.92 Å². The number of aryl methyl sites for hydroxylation is 1. The highest BCUT2D eigenvalue weighted by molar-refractivity contribution is 6.31. The normalized spacial score (nSPS) is 18.5. The van der Waals surface area contributed by atoms with Crippen molar-refractivity contribution in [1.29, 1.82) is 0 Å². The Bertz CT molecular complexity index is 1380. The minimum absolute atomic E-state index is 0.165. The first-order chi connectivity index (χ1) is 15.9. The number of benzene rings is 1. The Balaban J connectivity index is 1.39. The third-order valence-electron chi connectivity index (χ3n) is 6.00. The van der Waals surface area contributed by atoms with Gasteiger partial charge in [-0.1, -0.05) is 18.0 Å². The van der Waals surface area contributed by atoms with Gasteiger partial charge in [0, 0.05) is 35.6 Å². The number of fused-ring (bicyclic) bond motifs is 2. The lowest BCUT2D eigenvalue weighted by Crippen LogP contribution is -2.42. The van der Waals surface area contributed by atoms with Crippen LogP contribution in [0.1, 0.15) is 25.7 Å². The van der Waals surface area contributed by atoms with E-state index in [4.69, 9.17) is 22.1 Å². The summed E-state index contributed by atoms with van der Waals surface area (Å²) in [6, 6.07) is 5.35. The molecule has 170 valence electrons. The lowest BCUT2D eigenvalue weighted by molar-refractivity contribution is -0.122. The van der Waals surface area contributed by atoms with E-state index in [1.807, 2.05) is 19.2 Å². The molecule has 1 aliphatic carbocycles. The predicted molar refractivity (Wildman–Crippen MR) is 123 cm³/mol. The molecule has 10 nitrogen and oxygen atoms in total. The van der Waals surface area contributed by atoms with Crippen LogP contribution in [-0.4, -0.2) is 42.8 Å². The molecule has 0 spiro atoms. The molecule has 0 unspecified atom stereocenters. The van der Waals surface area contributed by atoms with Gasteiger partial charge in [0.2, 0.25) is 5.91 Å². The summed E-state index contributed by atoms with van der Waals surface area (Å²) < 4.78 is 7.25. The number of primary amides is 1. The van der Waals surface area contributed by atoms with Gasteiger partial charge >= 0.3 is 6.09 Å². The average Bonchev–Trinajstić information content (AvgIpc) is 3.34. The molecule has 4 N–H and O–H groups in total. The van der Waals surface area contributed by atoms with Crippen molar-refractivity contribution in [3.8, 4) is 17.1 Å². The number of aromatic nitrogens is 5. The van der Waals surface area contributed by atoms with Crippen LogP contribution in [0.2, 0.25) is 5.02 Å². The smallest absolute Gasteiger partial charge is 0.406 e. The third-order valence-corrected chi connectivity index (χ3v) is 6.24. The van der Waals surface area contributed by atoms with Gasteiger partial charge in [0.15, 0.2) is 16.9 Å². The zero-order chi connectivity index (χ0) is 23.1. The van der Waals surface area contributed by atoms with Crippen LogP contribution in [0.25, 0.3) is 33.5 Å². The first-order valence-corrected chi connectivity index (χ1v) is 11.0. The number of nitrogens with zero attached hydrogens (tertiary/aromatic N) is 4. The van der Waals surface area contributed by atoms with Crippen molar-refractivity contribution in [3.05, 3.63) is 35.6 Å². The number of carbonyl (C=O) groups excluding carboxylic acids is 2. The van der Waals surface area contributed by atoms with Gasteiger partial charge in [0.05, 0.1) is 11.7 Å². The zero-order valence-electron chi connectivity index (χ0n) is 17.8. The minimum Gasteiger partial charge on any atom is -0.406 e. The molecule has 5 rings (SSSR count). The van der Waals surface area contributed by atoms with Gasteiger partial charge in [-0.15, -0.1) is 0 Å². The topological polar surface area (TPSA) is 141 Å². The number of ether oxygens (including phenoxy) is 1. The summed E-state index contributed by atoms with van der Waals surface area (Å²) in [4.78, 5) is 36.0. The Labute approximate surface area is 193 Å². The fourth-order valence-electron chi connectivity index (χ4n) is 4.36. The Hall–Kier alpha value is -3.66. The van der Waals surface area contributed by atoms with Crippen molar-refractivity contribution >= 4 is 45.7 Å². The van der Waals surface area contributed by atoms with Crippen LogP contribution in [-0.2, 0) is 11.8 Å². The van der Waals surface area contributed by atoms with Crippen molar-refractivity contribution in [2.45, 2.75) is 31.7 Å². The van der Waals surface area contributed by atoms with E-state index >= 15 is 0 Å². The van der Waals surface area contributed by atoms with E-state index in [0.717, 1.165) is 30.2 Å². The SMILES string of the molecule is Cn1nc(-c2cnc3[nH]cc(OC(=O)N[C@@H]4CCC[C@@H](C(N)=O)C4)c3n2)c2ccc(Cl)cc21. The summed E-state index contributed by atoms with van der Waals surface area (Å²) in [6.07, 6.45) is 5.40. The number of nitrogens with one attached hydrogen (secondary N) is 2. The molecule has 3 heterocycles.